The Morgan fingerprint density at radius 1 is 1.56 bits per heavy atom. The molecule has 88 valence electrons. The minimum atomic E-state index is 0.224. The predicted molar refractivity (Wildman–Crippen MR) is 67.1 cm³/mol. The van der Waals surface area contributed by atoms with E-state index in [1.165, 1.54) is 30.4 Å². The first-order valence-electron chi connectivity index (χ1n) is 6.29. The standard InChI is InChI=1S/C15H22O/c1-10(2)12-5-6-15(4)9-13(16)7-11(3)14(15)8-12/h7,12,14H,1,5-6,8-9H2,2-4H3/t12-,14-,15+/m1/s1. The summed E-state index contributed by atoms with van der Waals surface area (Å²) in [6.07, 6.45) is 6.20. The molecule has 0 N–H and O–H groups in total. The summed E-state index contributed by atoms with van der Waals surface area (Å²) in [4.78, 5) is 11.7. The van der Waals surface area contributed by atoms with Crippen LogP contribution >= 0.6 is 0 Å². The summed E-state index contributed by atoms with van der Waals surface area (Å²) in [5.74, 6) is 1.58. The summed E-state index contributed by atoms with van der Waals surface area (Å²) >= 11 is 0. The average molecular weight is 218 g/mol. The van der Waals surface area contributed by atoms with Crippen LogP contribution < -0.4 is 0 Å². The number of carbonyl (C=O) groups excluding carboxylic acids is 1. The van der Waals surface area contributed by atoms with Gasteiger partial charge in [-0.05, 0) is 56.4 Å². The summed E-state index contributed by atoms with van der Waals surface area (Å²) < 4.78 is 0. The van der Waals surface area contributed by atoms with Crippen molar-refractivity contribution in [1.82, 2.24) is 0 Å². The third-order valence-corrected chi connectivity index (χ3v) is 4.64. The van der Waals surface area contributed by atoms with Gasteiger partial charge in [0.25, 0.3) is 0 Å². The smallest absolute Gasteiger partial charge is 0.156 e. The molecule has 0 radical (unpaired) electrons. The van der Waals surface area contributed by atoms with Gasteiger partial charge in [0.1, 0.15) is 0 Å². The van der Waals surface area contributed by atoms with Crippen LogP contribution in [-0.2, 0) is 4.79 Å². The second-order valence-electron chi connectivity index (χ2n) is 6.06. The first kappa shape index (κ1) is 11.6. The molecular formula is C15H22O. The van der Waals surface area contributed by atoms with Gasteiger partial charge >= 0.3 is 0 Å². The molecule has 2 aliphatic rings. The highest BCUT2D eigenvalue weighted by atomic mass is 16.1. The van der Waals surface area contributed by atoms with Crippen molar-refractivity contribution in [2.75, 3.05) is 0 Å². The number of rotatable bonds is 1. The largest absolute Gasteiger partial charge is 0.295 e. The zero-order valence-corrected chi connectivity index (χ0v) is 10.7. The topological polar surface area (TPSA) is 17.1 Å². The van der Waals surface area contributed by atoms with Crippen LogP contribution in [0.1, 0.15) is 46.5 Å². The average Bonchev–Trinajstić information content (AvgIpc) is 2.15. The Kier molecular flexibility index (Phi) is 2.81. The Labute approximate surface area is 98.6 Å². The molecule has 3 atom stereocenters. The third-order valence-electron chi connectivity index (χ3n) is 4.64. The van der Waals surface area contributed by atoms with Gasteiger partial charge in [-0.1, -0.05) is 24.6 Å². The maximum atomic E-state index is 11.7. The van der Waals surface area contributed by atoms with E-state index in [1.54, 1.807) is 0 Å². The van der Waals surface area contributed by atoms with E-state index in [2.05, 4.69) is 27.4 Å². The highest BCUT2D eigenvalue weighted by molar-refractivity contribution is 5.92. The number of fused-ring (bicyclic) bond motifs is 1. The van der Waals surface area contributed by atoms with Crippen LogP contribution in [-0.4, -0.2) is 5.78 Å². The molecule has 16 heavy (non-hydrogen) atoms. The number of allylic oxidation sites excluding steroid dienone is 3. The van der Waals surface area contributed by atoms with E-state index in [9.17, 15) is 4.79 Å². The summed E-state index contributed by atoms with van der Waals surface area (Å²) in [6, 6.07) is 0. The van der Waals surface area contributed by atoms with Gasteiger partial charge in [0.2, 0.25) is 0 Å². The lowest BCUT2D eigenvalue weighted by molar-refractivity contribution is -0.119. The van der Waals surface area contributed by atoms with Crippen molar-refractivity contribution in [2.24, 2.45) is 17.3 Å². The molecule has 0 heterocycles. The lowest BCUT2D eigenvalue weighted by Gasteiger charge is -2.47. The zero-order valence-electron chi connectivity index (χ0n) is 10.7. The quantitative estimate of drug-likeness (QED) is 0.610. The molecule has 0 unspecified atom stereocenters. The van der Waals surface area contributed by atoms with Crippen LogP contribution in [0.4, 0.5) is 0 Å². The summed E-state index contributed by atoms with van der Waals surface area (Å²) in [6.45, 7) is 10.7. The molecular weight excluding hydrogens is 196 g/mol. The van der Waals surface area contributed by atoms with Crippen molar-refractivity contribution in [2.45, 2.75) is 46.5 Å². The van der Waals surface area contributed by atoms with Crippen molar-refractivity contribution < 1.29 is 4.79 Å². The Morgan fingerprint density at radius 3 is 2.88 bits per heavy atom. The van der Waals surface area contributed by atoms with Gasteiger partial charge in [-0.15, -0.1) is 0 Å². The number of ketones is 1. The molecule has 0 saturated heterocycles. The lowest BCUT2D eigenvalue weighted by Crippen LogP contribution is -2.39. The Morgan fingerprint density at radius 2 is 2.25 bits per heavy atom. The van der Waals surface area contributed by atoms with Crippen LogP contribution in [0.25, 0.3) is 0 Å². The lowest BCUT2D eigenvalue weighted by atomic mass is 9.57. The van der Waals surface area contributed by atoms with Crippen molar-refractivity contribution >= 4 is 5.78 Å². The van der Waals surface area contributed by atoms with Gasteiger partial charge in [0, 0.05) is 6.42 Å². The van der Waals surface area contributed by atoms with Crippen LogP contribution in [0.2, 0.25) is 0 Å². The Balaban J connectivity index is 2.26. The van der Waals surface area contributed by atoms with Crippen LogP contribution in [0.5, 0.6) is 0 Å². The minimum Gasteiger partial charge on any atom is -0.295 e. The molecule has 1 nitrogen and oxygen atoms in total. The molecule has 0 aromatic carbocycles. The number of carbonyl (C=O) groups is 1. The normalized spacial score (nSPS) is 38.9. The monoisotopic (exact) mass is 218 g/mol. The van der Waals surface area contributed by atoms with Gasteiger partial charge in [0.05, 0.1) is 0 Å². The minimum absolute atomic E-state index is 0.224. The summed E-state index contributed by atoms with van der Waals surface area (Å²) in [5.41, 5.74) is 2.83. The second-order valence-corrected chi connectivity index (χ2v) is 6.06. The molecule has 0 aromatic heterocycles. The summed E-state index contributed by atoms with van der Waals surface area (Å²) in [7, 11) is 0. The van der Waals surface area contributed by atoms with E-state index in [-0.39, 0.29) is 5.41 Å². The third kappa shape index (κ3) is 1.88. The fraction of sp³-hybridized carbons (Fsp3) is 0.667. The molecule has 0 amide bonds. The molecule has 1 saturated carbocycles. The second kappa shape index (κ2) is 3.87. The highest BCUT2D eigenvalue weighted by Gasteiger charge is 2.43. The van der Waals surface area contributed by atoms with E-state index in [1.807, 2.05) is 6.08 Å². The predicted octanol–water partition coefficient (Wildman–Crippen LogP) is 3.90. The van der Waals surface area contributed by atoms with Gasteiger partial charge in [0.15, 0.2) is 5.78 Å². The maximum Gasteiger partial charge on any atom is 0.156 e. The molecule has 2 rings (SSSR count). The van der Waals surface area contributed by atoms with E-state index < -0.39 is 0 Å². The highest BCUT2D eigenvalue weighted by Crippen LogP contribution is 2.52. The fourth-order valence-corrected chi connectivity index (χ4v) is 3.56. The van der Waals surface area contributed by atoms with Crippen LogP contribution in [0, 0.1) is 17.3 Å². The Hall–Kier alpha value is -0.850. The first-order chi connectivity index (χ1) is 7.42. The summed E-state index contributed by atoms with van der Waals surface area (Å²) in [5, 5.41) is 0. The first-order valence-corrected chi connectivity index (χ1v) is 6.29. The van der Waals surface area contributed by atoms with Crippen LogP contribution in [0.3, 0.4) is 0 Å². The van der Waals surface area contributed by atoms with Gasteiger partial charge in [-0.25, -0.2) is 0 Å². The fourth-order valence-electron chi connectivity index (χ4n) is 3.56. The molecule has 0 aliphatic heterocycles. The molecule has 2 aliphatic carbocycles. The van der Waals surface area contributed by atoms with Gasteiger partial charge < -0.3 is 0 Å². The molecule has 0 aromatic rings. The van der Waals surface area contributed by atoms with Crippen LogP contribution in [0.15, 0.2) is 23.8 Å². The molecule has 1 heteroatoms. The van der Waals surface area contributed by atoms with Crippen molar-refractivity contribution in [3.05, 3.63) is 23.8 Å². The number of hydrogen-bond acceptors (Lipinski definition) is 1. The molecule has 0 spiro atoms. The zero-order chi connectivity index (χ0) is 11.9. The molecule has 1 fully saturated rings. The van der Waals surface area contributed by atoms with Crippen molar-refractivity contribution in [3.8, 4) is 0 Å². The van der Waals surface area contributed by atoms with E-state index >= 15 is 0 Å². The van der Waals surface area contributed by atoms with E-state index in [0.29, 0.717) is 17.6 Å². The number of hydrogen-bond donors (Lipinski definition) is 0. The van der Waals surface area contributed by atoms with Crippen molar-refractivity contribution in [3.63, 3.8) is 0 Å². The van der Waals surface area contributed by atoms with E-state index in [0.717, 1.165) is 6.42 Å². The molecule has 0 bridgehead atoms. The maximum absolute atomic E-state index is 11.7. The van der Waals surface area contributed by atoms with Crippen molar-refractivity contribution in [1.29, 1.82) is 0 Å². The Bertz CT molecular complexity index is 364. The van der Waals surface area contributed by atoms with Gasteiger partial charge in [-0.3, -0.25) is 4.79 Å². The van der Waals surface area contributed by atoms with Gasteiger partial charge in [-0.2, -0.15) is 0 Å². The SMILES string of the molecule is C=C(C)[C@@H]1CC[C@@]2(C)CC(=O)C=C(C)[C@H]2C1. The van der Waals surface area contributed by atoms with E-state index in [4.69, 9.17) is 0 Å².